The van der Waals surface area contributed by atoms with Gasteiger partial charge in [-0.3, -0.25) is 0 Å². The molecule has 4 heteroatoms. The first kappa shape index (κ1) is 18.5. The number of unbranched alkanes of at least 4 members (excludes halogenated alkanes) is 1. The highest BCUT2D eigenvalue weighted by molar-refractivity contribution is 5.68. The molecule has 1 rings (SSSR count). The van der Waals surface area contributed by atoms with Gasteiger partial charge in [-0.2, -0.15) is 0 Å². The Kier molecular flexibility index (Phi) is 7.96. The molecule has 0 fully saturated rings. The van der Waals surface area contributed by atoms with Gasteiger partial charge >= 0.3 is 6.09 Å². The number of hydrogen-bond acceptors (Lipinski definition) is 3. The Labute approximate surface area is 134 Å². The molecule has 1 amide bonds. The van der Waals surface area contributed by atoms with Gasteiger partial charge in [-0.05, 0) is 58.6 Å². The molecule has 0 spiro atoms. The van der Waals surface area contributed by atoms with E-state index in [0.717, 1.165) is 25.7 Å². The minimum atomic E-state index is -0.456. The van der Waals surface area contributed by atoms with Gasteiger partial charge in [0, 0.05) is 13.1 Å². The van der Waals surface area contributed by atoms with Crippen LogP contribution in [-0.4, -0.2) is 36.2 Å². The molecular weight excluding hydrogens is 276 g/mol. The molecule has 2 N–H and O–H groups in total. The number of ether oxygens (including phenoxy) is 1. The lowest BCUT2D eigenvalue weighted by molar-refractivity contribution is 0.0245. The highest BCUT2D eigenvalue weighted by Gasteiger charge is 2.21. The Hall–Kier alpha value is -1.55. The van der Waals surface area contributed by atoms with Crippen LogP contribution in [-0.2, 0) is 11.2 Å². The van der Waals surface area contributed by atoms with Crippen molar-refractivity contribution < 1.29 is 9.53 Å². The number of nitrogens with zero attached hydrogens (tertiary/aromatic N) is 1. The van der Waals surface area contributed by atoms with Crippen molar-refractivity contribution in [1.82, 2.24) is 4.90 Å². The number of carbonyl (C=O) groups excluding carboxylic acids is 1. The fourth-order valence-corrected chi connectivity index (χ4v) is 2.19. The number of hydrogen-bond donors (Lipinski definition) is 1. The van der Waals surface area contributed by atoms with Crippen molar-refractivity contribution in [3.63, 3.8) is 0 Å². The molecule has 0 unspecified atom stereocenters. The normalized spacial score (nSPS) is 11.3. The largest absolute Gasteiger partial charge is 0.444 e. The molecule has 0 aliphatic heterocycles. The van der Waals surface area contributed by atoms with Gasteiger partial charge in [-0.1, -0.05) is 30.3 Å². The maximum atomic E-state index is 12.3. The van der Waals surface area contributed by atoms with Crippen molar-refractivity contribution >= 4 is 6.09 Å². The Morgan fingerprint density at radius 3 is 2.32 bits per heavy atom. The third-order valence-electron chi connectivity index (χ3n) is 3.27. The Morgan fingerprint density at radius 2 is 1.73 bits per heavy atom. The fourth-order valence-electron chi connectivity index (χ4n) is 2.19. The molecule has 0 radical (unpaired) electrons. The van der Waals surface area contributed by atoms with Gasteiger partial charge in [0.25, 0.3) is 0 Å². The van der Waals surface area contributed by atoms with E-state index >= 15 is 0 Å². The monoisotopic (exact) mass is 306 g/mol. The van der Waals surface area contributed by atoms with Gasteiger partial charge in [-0.25, -0.2) is 4.79 Å². The van der Waals surface area contributed by atoms with E-state index in [1.165, 1.54) is 5.56 Å². The van der Waals surface area contributed by atoms with Gasteiger partial charge in [0.05, 0.1) is 0 Å². The number of carbonyl (C=O) groups is 1. The quantitative estimate of drug-likeness (QED) is 0.747. The van der Waals surface area contributed by atoms with Crippen molar-refractivity contribution in [3.05, 3.63) is 35.9 Å². The SMILES string of the molecule is CC(C)(C)OC(=O)N(CCCCN)CCCc1ccccc1. The summed E-state index contributed by atoms with van der Waals surface area (Å²) in [4.78, 5) is 14.1. The van der Waals surface area contributed by atoms with Gasteiger partial charge in [0.2, 0.25) is 0 Å². The third-order valence-corrected chi connectivity index (χ3v) is 3.27. The second kappa shape index (κ2) is 9.46. The van der Waals surface area contributed by atoms with Crippen LogP contribution in [0, 0.1) is 0 Å². The van der Waals surface area contributed by atoms with Crippen LogP contribution < -0.4 is 5.73 Å². The van der Waals surface area contributed by atoms with Crippen LogP contribution in [0.2, 0.25) is 0 Å². The van der Waals surface area contributed by atoms with E-state index in [1.54, 1.807) is 0 Å². The zero-order valence-electron chi connectivity index (χ0n) is 14.2. The van der Waals surface area contributed by atoms with Crippen LogP contribution in [0.15, 0.2) is 30.3 Å². The van der Waals surface area contributed by atoms with Crippen LogP contribution in [0.3, 0.4) is 0 Å². The summed E-state index contributed by atoms with van der Waals surface area (Å²) in [6.07, 6.45) is 3.53. The molecule has 0 saturated heterocycles. The zero-order chi connectivity index (χ0) is 16.4. The summed E-state index contributed by atoms with van der Waals surface area (Å²) in [6.45, 7) is 7.77. The van der Waals surface area contributed by atoms with E-state index in [0.29, 0.717) is 19.6 Å². The summed E-state index contributed by atoms with van der Waals surface area (Å²) >= 11 is 0. The highest BCUT2D eigenvalue weighted by atomic mass is 16.6. The minimum absolute atomic E-state index is 0.224. The van der Waals surface area contributed by atoms with Gasteiger partial charge in [0.1, 0.15) is 5.60 Å². The van der Waals surface area contributed by atoms with Crippen LogP contribution in [0.5, 0.6) is 0 Å². The molecule has 1 aromatic rings. The predicted octanol–water partition coefficient (Wildman–Crippen LogP) is 3.60. The van der Waals surface area contributed by atoms with Crippen LogP contribution in [0.25, 0.3) is 0 Å². The topological polar surface area (TPSA) is 55.6 Å². The molecule has 0 aliphatic rings. The van der Waals surface area contributed by atoms with Crippen molar-refractivity contribution in [3.8, 4) is 0 Å². The standard InChI is InChI=1S/C18H30N2O2/c1-18(2,3)22-17(21)20(14-8-7-13-19)15-9-12-16-10-5-4-6-11-16/h4-6,10-11H,7-9,12-15,19H2,1-3H3. The summed E-state index contributed by atoms with van der Waals surface area (Å²) in [5.74, 6) is 0. The lowest BCUT2D eigenvalue weighted by Gasteiger charge is -2.27. The van der Waals surface area contributed by atoms with E-state index in [4.69, 9.17) is 10.5 Å². The fraction of sp³-hybridized carbons (Fsp3) is 0.611. The first-order valence-corrected chi connectivity index (χ1v) is 8.14. The molecule has 4 nitrogen and oxygen atoms in total. The van der Waals surface area contributed by atoms with Gasteiger partial charge in [0.15, 0.2) is 0 Å². The Morgan fingerprint density at radius 1 is 1.09 bits per heavy atom. The first-order valence-electron chi connectivity index (χ1n) is 8.14. The average molecular weight is 306 g/mol. The number of rotatable bonds is 8. The molecule has 0 aromatic heterocycles. The summed E-state index contributed by atoms with van der Waals surface area (Å²) in [5, 5.41) is 0. The summed E-state index contributed by atoms with van der Waals surface area (Å²) in [7, 11) is 0. The van der Waals surface area contributed by atoms with Gasteiger partial charge in [-0.15, -0.1) is 0 Å². The molecule has 1 aromatic carbocycles. The molecule has 124 valence electrons. The molecule has 0 heterocycles. The minimum Gasteiger partial charge on any atom is -0.444 e. The molecule has 0 bridgehead atoms. The molecular formula is C18H30N2O2. The second-order valence-corrected chi connectivity index (χ2v) is 6.55. The van der Waals surface area contributed by atoms with Crippen molar-refractivity contribution in [2.45, 2.75) is 52.1 Å². The van der Waals surface area contributed by atoms with E-state index in [-0.39, 0.29) is 6.09 Å². The predicted molar refractivity (Wildman–Crippen MR) is 90.9 cm³/mol. The van der Waals surface area contributed by atoms with Gasteiger partial charge < -0.3 is 15.4 Å². The lowest BCUT2D eigenvalue weighted by Crippen LogP contribution is -2.38. The first-order chi connectivity index (χ1) is 10.4. The van der Waals surface area contributed by atoms with E-state index in [2.05, 4.69) is 12.1 Å². The summed E-state index contributed by atoms with van der Waals surface area (Å²) < 4.78 is 5.49. The second-order valence-electron chi connectivity index (χ2n) is 6.55. The van der Waals surface area contributed by atoms with E-state index in [9.17, 15) is 4.79 Å². The van der Waals surface area contributed by atoms with Crippen molar-refractivity contribution in [2.75, 3.05) is 19.6 Å². The lowest BCUT2D eigenvalue weighted by atomic mass is 10.1. The van der Waals surface area contributed by atoms with E-state index < -0.39 is 5.60 Å². The molecule has 22 heavy (non-hydrogen) atoms. The highest BCUT2D eigenvalue weighted by Crippen LogP contribution is 2.12. The van der Waals surface area contributed by atoms with Crippen LogP contribution in [0.1, 0.15) is 45.6 Å². The smallest absolute Gasteiger partial charge is 0.410 e. The number of aryl methyl sites for hydroxylation is 1. The Balaban J connectivity index is 2.48. The third kappa shape index (κ3) is 8.03. The average Bonchev–Trinajstić information content (AvgIpc) is 2.45. The number of amides is 1. The molecule has 0 atom stereocenters. The maximum Gasteiger partial charge on any atom is 0.410 e. The van der Waals surface area contributed by atoms with E-state index in [1.807, 2.05) is 43.9 Å². The zero-order valence-corrected chi connectivity index (χ0v) is 14.2. The van der Waals surface area contributed by atoms with Crippen LogP contribution >= 0.6 is 0 Å². The number of benzene rings is 1. The summed E-state index contributed by atoms with van der Waals surface area (Å²) in [5.41, 5.74) is 6.38. The van der Waals surface area contributed by atoms with Crippen molar-refractivity contribution in [1.29, 1.82) is 0 Å². The maximum absolute atomic E-state index is 12.3. The molecule has 0 saturated carbocycles. The number of nitrogens with two attached hydrogens (primary N) is 1. The van der Waals surface area contributed by atoms with Crippen molar-refractivity contribution in [2.24, 2.45) is 5.73 Å². The Bertz CT molecular complexity index is 426. The van der Waals surface area contributed by atoms with Crippen LogP contribution in [0.4, 0.5) is 4.79 Å². The molecule has 0 aliphatic carbocycles. The summed E-state index contributed by atoms with van der Waals surface area (Å²) in [6, 6.07) is 10.3.